The first-order valence-corrected chi connectivity index (χ1v) is 8.42. The number of nitrogens with one attached hydrogen (secondary N) is 1. The van der Waals surface area contributed by atoms with Crippen LogP contribution in [0.4, 0.5) is 0 Å². The van der Waals surface area contributed by atoms with E-state index >= 15 is 0 Å². The third-order valence-corrected chi connectivity index (χ3v) is 3.58. The number of carbonyl (C=O) groups is 2. The van der Waals surface area contributed by atoms with Crippen LogP contribution in [-0.2, 0) is 21.4 Å². The van der Waals surface area contributed by atoms with Crippen molar-refractivity contribution in [2.75, 3.05) is 6.54 Å². The second kappa shape index (κ2) is 8.80. The van der Waals surface area contributed by atoms with Crippen LogP contribution in [0.1, 0.15) is 65.6 Å². The summed E-state index contributed by atoms with van der Waals surface area (Å²) in [6.07, 6.45) is 1.97. The highest BCUT2D eigenvalue weighted by Gasteiger charge is 2.21. The van der Waals surface area contributed by atoms with Crippen molar-refractivity contribution in [3.8, 4) is 0 Å². The molecule has 0 aliphatic carbocycles. The van der Waals surface area contributed by atoms with Gasteiger partial charge in [0, 0.05) is 24.8 Å². The van der Waals surface area contributed by atoms with E-state index in [1.54, 1.807) is 0 Å². The maximum absolute atomic E-state index is 11.8. The smallest absolute Gasteiger partial charge is 0.308 e. The number of aromatic nitrogens is 2. The Morgan fingerprint density at radius 3 is 2.46 bits per heavy atom. The first-order valence-electron chi connectivity index (χ1n) is 8.42. The van der Waals surface area contributed by atoms with E-state index in [4.69, 9.17) is 9.63 Å². The number of nitrogens with zero attached hydrogens (tertiary/aromatic N) is 2. The van der Waals surface area contributed by atoms with Gasteiger partial charge in [-0.15, -0.1) is 0 Å². The number of rotatable bonds is 9. The van der Waals surface area contributed by atoms with E-state index in [9.17, 15) is 9.59 Å². The van der Waals surface area contributed by atoms with Gasteiger partial charge in [-0.05, 0) is 18.8 Å². The molecule has 0 radical (unpaired) electrons. The van der Waals surface area contributed by atoms with Crippen LogP contribution < -0.4 is 5.32 Å². The van der Waals surface area contributed by atoms with Crippen LogP contribution in [0.25, 0.3) is 0 Å². The van der Waals surface area contributed by atoms with E-state index in [-0.39, 0.29) is 23.8 Å². The monoisotopic (exact) mass is 339 g/mol. The lowest BCUT2D eigenvalue weighted by Crippen LogP contribution is -2.33. The van der Waals surface area contributed by atoms with Gasteiger partial charge in [0.1, 0.15) is 0 Å². The van der Waals surface area contributed by atoms with E-state index < -0.39 is 11.9 Å². The molecular formula is C17H29N3O4. The molecule has 1 aromatic rings. The minimum Gasteiger partial charge on any atom is -0.481 e. The van der Waals surface area contributed by atoms with Crippen molar-refractivity contribution >= 4 is 11.9 Å². The number of carboxylic acid groups (broad SMARTS) is 1. The van der Waals surface area contributed by atoms with E-state index in [1.165, 1.54) is 0 Å². The Morgan fingerprint density at radius 2 is 1.96 bits per heavy atom. The first kappa shape index (κ1) is 20.1. The summed E-state index contributed by atoms with van der Waals surface area (Å²) >= 11 is 0. The molecule has 0 saturated carbocycles. The van der Waals surface area contributed by atoms with Crippen molar-refractivity contribution < 1.29 is 19.2 Å². The Morgan fingerprint density at radius 1 is 1.29 bits per heavy atom. The summed E-state index contributed by atoms with van der Waals surface area (Å²) in [5.74, 6) is -0.113. The fourth-order valence-electron chi connectivity index (χ4n) is 2.23. The zero-order valence-corrected chi connectivity index (χ0v) is 15.3. The number of aryl methyl sites for hydroxylation is 1. The SMILES string of the molecule is CC(C)CC(CNC(=O)CCCc1nc(C(C)(C)C)no1)C(=O)O. The first-order chi connectivity index (χ1) is 11.1. The average molecular weight is 339 g/mol. The molecule has 0 spiro atoms. The number of amides is 1. The van der Waals surface area contributed by atoms with E-state index in [0.29, 0.717) is 37.4 Å². The maximum Gasteiger partial charge on any atom is 0.308 e. The standard InChI is InChI=1S/C17H29N3O4/c1-11(2)9-12(15(22)23)10-18-13(21)7-6-8-14-19-16(20-24-14)17(3,4)5/h11-12H,6-10H2,1-5H3,(H,18,21)(H,22,23). The number of hydrogen-bond donors (Lipinski definition) is 2. The number of carboxylic acids is 1. The second-order valence-corrected chi connectivity index (χ2v) is 7.58. The lowest BCUT2D eigenvalue weighted by molar-refractivity contribution is -0.142. The number of carbonyl (C=O) groups excluding carboxylic acids is 1. The zero-order chi connectivity index (χ0) is 18.3. The van der Waals surface area contributed by atoms with Crippen molar-refractivity contribution in [2.45, 2.75) is 65.7 Å². The third kappa shape index (κ3) is 7.10. The fourth-order valence-corrected chi connectivity index (χ4v) is 2.23. The van der Waals surface area contributed by atoms with Gasteiger partial charge in [0.05, 0.1) is 5.92 Å². The van der Waals surface area contributed by atoms with E-state index in [2.05, 4.69) is 15.5 Å². The minimum atomic E-state index is -0.871. The van der Waals surface area contributed by atoms with Crippen molar-refractivity contribution in [1.82, 2.24) is 15.5 Å². The normalized spacial score (nSPS) is 13.1. The molecule has 0 aliphatic rings. The molecule has 24 heavy (non-hydrogen) atoms. The Hall–Kier alpha value is -1.92. The highest BCUT2D eigenvalue weighted by Crippen LogP contribution is 2.19. The summed E-state index contributed by atoms with van der Waals surface area (Å²) in [6.45, 7) is 10.1. The molecular weight excluding hydrogens is 310 g/mol. The van der Waals surface area contributed by atoms with Gasteiger partial charge in [-0.2, -0.15) is 4.98 Å². The van der Waals surface area contributed by atoms with Crippen LogP contribution in [0.2, 0.25) is 0 Å². The molecule has 1 rings (SSSR count). The largest absolute Gasteiger partial charge is 0.481 e. The Bertz CT molecular complexity index is 546. The molecule has 1 heterocycles. The molecule has 0 bridgehead atoms. The molecule has 7 heteroatoms. The van der Waals surface area contributed by atoms with Crippen LogP contribution in [0, 0.1) is 11.8 Å². The molecule has 1 unspecified atom stereocenters. The van der Waals surface area contributed by atoms with Crippen LogP contribution in [0.5, 0.6) is 0 Å². The Labute approximate surface area is 143 Å². The minimum absolute atomic E-state index is 0.152. The van der Waals surface area contributed by atoms with Gasteiger partial charge in [-0.25, -0.2) is 0 Å². The van der Waals surface area contributed by atoms with Crippen LogP contribution in [0.15, 0.2) is 4.52 Å². The molecule has 1 aromatic heterocycles. The second-order valence-electron chi connectivity index (χ2n) is 7.58. The maximum atomic E-state index is 11.8. The highest BCUT2D eigenvalue weighted by atomic mass is 16.5. The molecule has 0 fully saturated rings. The summed E-state index contributed by atoms with van der Waals surface area (Å²) in [4.78, 5) is 27.3. The Balaban J connectivity index is 2.33. The van der Waals surface area contributed by atoms with Gasteiger partial charge in [-0.1, -0.05) is 39.8 Å². The van der Waals surface area contributed by atoms with Gasteiger partial charge < -0.3 is 14.9 Å². The summed E-state index contributed by atoms with van der Waals surface area (Å²) < 4.78 is 5.18. The van der Waals surface area contributed by atoms with Gasteiger partial charge in [-0.3, -0.25) is 9.59 Å². The predicted molar refractivity (Wildman–Crippen MR) is 89.5 cm³/mol. The molecule has 2 N–H and O–H groups in total. The zero-order valence-electron chi connectivity index (χ0n) is 15.3. The van der Waals surface area contributed by atoms with Gasteiger partial charge in [0.15, 0.2) is 5.82 Å². The predicted octanol–water partition coefficient (Wildman–Crippen LogP) is 2.55. The van der Waals surface area contributed by atoms with Crippen molar-refractivity contribution in [2.24, 2.45) is 11.8 Å². The Kier molecular flexibility index (Phi) is 7.38. The van der Waals surface area contributed by atoms with Gasteiger partial charge in [0.2, 0.25) is 11.8 Å². The molecule has 136 valence electrons. The topological polar surface area (TPSA) is 105 Å². The number of hydrogen-bond acceptors (Lipinski definition) is 5. The summed E-state index contributed by atoms with van der Waals surface area (Å²) in [5.41, 5.74) is -0.165. The van der Waals surface area contributed by atoms with Crippen molar-refractivity contribution in [3.63, 3.8) is 0 Å². The average Bonchev–Trinajstić information content (AvgIpc) is 2.91. The quantitative estimate of drug-likeness (QED) is 0.716. The van der Waals surface area contributed by atoms with Crippen LogP contribution >= 0.6 is 0 Å². The molecule has 0 aromatic carbocycles. The number of aliphatic carboxylic acids is 1. The summed E-state index contributed by atoms with van der Waals surface area (Å²) in [6, 6.07) is 0. The van der Waals surface area contributed by atoms with E-state index in [1.807, 2.05) is 34.6 Å². The summed E-state index contributed by atoms with van der Waals surface area (Å²) in [7, 11) is 0. The van der Waals surface area contributed by atoms with Crippen LogP contribution in [0.3, 0.4) is 0 Å². The lowest BCUT2D eigenvalue weighted by Gasteiger charge is -2.15. The van der Waals surface area contributed by atoms with Crippen LogP contribution in [-0.4, -0.2) is 33.7 Å². The lowest BCUT2D eigenvalue weighted by atomic mass is 9.96. The fraction of sp³-hybridized carbons (Fsp3) is 0.765. The molecule has 1 amide bonds. The third-order valence-electron chi connectivity index (χ3n) is 3.58. The molecule has 7 nitrogen and oxygen atoms in total. The van der Waals surface area contributed by atoms with Crippen molar-refractivity contribution in [3.05, 3.63) is 11.7 Å². The highest BCUT2D eigenvalue weighted by molar-refractivity contribution is 5.77. The van der Waals surface area contributed by atoms with E-state index in [0.717, 1.165) is 0 Å². The van der Waals surface area contributed by atoms with Gasteiger partial charge in [0.25, 0.3) is 0 Å². The molecule has 1 atom stereocenters. The van der Waals surface area contributed by atoms with Gasteiger partial charge >= 0.3 is 5.97 Å². The molecule has 0 aliphatic heterocycles. The van der Waals surface area contributed by atoms with Crippen molar-refractivity contribution in [1.29, 1.82) is 0 Å². The molecule has 0 saturated heterocycles. The summed E-state index contributed by atoms with van der Waals surface area (Å²) in [5, 5.41) is 15.8.